The number of piperidine rings is 1. The molecule has 0 spiro atoms. The third-order valence-corrected chi connectivity index (χ3v) is 11.5. The molecule has 5 aliphatic rings. The van der Waals surface area contributed by atoms with E-state index in [1.165, 1.54) is 50.5 Å². The second-order valence-electron chi connectivity index (χ2n) is 14.1. The standard InChI is InChI=1S/C36H53N3O3/c1-26-11-9-10-16-31(26)32-25-39(34(35-36(41)42-35)28-14-7-4-8-15-28)24-29(32)23-38-21-19-30(20-22-38)37(2)33(40)18-17-27-12-5-3-6-13-27/h3,5-6,9-10,12-13,26,28-32,34,41H,4,7-8,11,14-25H2,1-2H3/t26?,29-,31+,32?,34+/m0/s1. The van der Waals surface area contributed by atoms with Gasteiger partial charge in [0.25, 0.3) is 0 Å². The molecule has 6 nitrogen and oxygen atoms in total. The maximum atomic E-state index is 13.0. The van der Waals surface area contributed by atoms with Gasteiger partial charge < -0.3 is 19.6 Å². The van der Waals surface area contributed by atoms with Gasteiger partial charge in [-0.1, -0.05) is 68.7 Å². The van der Waals surface area contributed by atoms with Crippen molar-refractivity contribution in [2.45, 2.75) is 89.6 Å². The number of likely N-dealkylation sites (tertiary alicyclic amines) is 2. The molecule has 1 amide bonds. The number of carbonyl (C=O) groups excluding carboxylic acids is 1. The highest BCUT2D eigenvalue weighted by atomic mass is 16.7. The number of aryl methyl sites for hydroxylation is 1. The predicted molar refractivity (Wildman–Crippen MR) is 168 cm³/mol. The average Bonchev–Trinajstić information content (AvgIpc) is 3.60. The van der Waals surface area contributed by atoms with E-state index in [1.807, 2.05) is 18.0 Å². The molecule has 1 aromatic rings. The van der Waals surface area contributed by atoms with Crippen molar-refractivity contribution in [3.05, 3.63) is 59.8 Å². The van der Waals surface area contributed by atoms with Crippen molar-refractivity contribution in [3.8, 4) is 0 Å². The van der Waals surface area contributed by atoms with E-state index in [4.69, 9.17) is 4.74 Å². The summed E-state index contributed by atoms with van der Waals surface area (Å²) < 4.78 is 5.62. The molecule has 2 aliphatic carbocycles. The number of hydrogen-bond acceptors (Lipinski definition) is 5. The lowest BCUT2D eigenvalue weighted by molar-refractivity contribution is -0.132. The Labute approximate surface area is 253 Å². The van der Waals surface area contributed by atoms with Gasteiger partial charge in [-0.2, -0.15) is 0 Å². The fourth-order valence-corrected chi connectivity index (χ4v) is 8.89. The molecule has 0 radical (unpaired) electrons. The molecule has 2 unspecified atom stereocenters. The Hall–Kier alpha value is -2.31. The van der Waals surface area contributed by atoms with Crippen LogP contribution in [0, 0.1) is 29.6 Å². The van der Waals surface area contributed by atoms with Crippen molar-refractivity contribution in [1.82, 2.24) is 14.7 Å². The Kier molecular flexibility index (Phi) is 9.60. The number of nitrogens with zero attached hydrogens (tertiary/aromatic N) is 3. The van der Waals surface area contributed by atoms with E-state index in [9.17, 15) is 9.90 Å². The van der Waals surface area contributed by atoms with Gasteiger partial charge in [-0.3, -0.25) is 9.69 Å². The molecular weight excluding hydrogens is 522 g/mol. The molecule has 2 saturated heterocycles. The van der Waals surface area contributed by atoms with E-state index in [2.05, 4.69) is 53.1 Å². The van der Waals surface area contributed by atoms with Gasteiger partial charge in [0.15, 0.2) is 0 Å². The lowest BCUT2D eigenvalue weighted by Crippen LogP contribution is -2.47. The molecule has 6 heteroatoms. The van der Waals surface area contributed by atoms with E-state index >= 15 is 0 Å². The summed E-state index contributed by atoms with van der Waals surface area (Å²) in [6.07, 6.45) is 17.2. The SMILES string of the molecule is CC1CC=CC[C@H]1C1CN([C@@H](C2=C(O)O2)C2CCCCC2)C[C@@H]1CN1CCC(N(C)C(=O)CCc2ccccc2)CC1. The zero-order chi connectivity index (χ0) is 29.1. The van der Waals surface area contributed by atoms with Gasteiger partial charge >= 0.3 is 5.95 Å². The molecule has 3 aliphatic heterocycles. The molecule has 230 valence electrons. The second kappa shape index (κ2) is 13.5. The molecule has 6 rings (SSSR count). The maximum absolute atomic E-state index is 13.0. The molecule has 1 N–H and O–H groups in total. The van der Waals surface area contributed by atoms with Crippen LogP contribution in [-0.2, 0) is 16.0 Å². The van der Waals surface area contributed by atoms with Crippen LogP contribution in [0.15, 0.2) is 54.2 Å². The van der Waals surface area contributed by atoms with Gasteiger partial charge in [-0.15, -0.1) is 0 Å². The molecule has 0 bridgehead atoms. The van der Waals surface area contributed by atoms with Crippen molar-refractivity contribution >= 4 is 5.91 Å². The van der Waals surface area contributed by atoms with Crippen molar-refractivity contribution in [2.24, 2.45) is 29.6 Å². The van der Waals surface area contributed by atoms with Crippen LogP contribution in [0.5, 0.6) is 0 Å². The smallest absolute Gasteiger partial charge is 0.324 e. The van der Waals surface area contributed by atoms with Crippen LogP contribution in [0.1, 0.15) is 76.7 Å². The molecule has 1 aromatic carbocycles. The van der Waals surface area contributed by atoms with E-state index in [-0.39, 0.29) is 17.9 Å². The fraction of sp³-hybridized carbons (Fsp3) is 0.694. The first-order chi connectivity index (χ1) is 20.5. The molecular formula is C36H53N3O3. The number of hydrogen-bond donors (Lipinski definition) is 1. The minimum atomic E-state index is 0.198. The van der Waals surface area contributed by atoms with Crippen molar-refractivity contribution in [2.75, 3.05) is 39.8 Å². The molecule has 3 heterocycles. The van der Waals surface area contributed by atoms with Crippen molar-refractivity contribution in [3.63, 3.8) is 0 Å². The first kappa shape index (κ1) is 29.7. The summed E-state index contributed by atoms with van der Waals surface area (Å²) in [5.41, 5.74) is 1.24. The highest BCUT2D eigenvalue weighted by molar-refractivity contribution is 5.76. The molecule has 3 fully saturated rings. The topological polar surface area (TPSA) is 59.6 Å². The quantitative estimate of drug-likeness (QED) is 0.327. The van der Waals surface area contributed by atoms with Crippen LogP contribution in [0.3, 0.4) is 0 Å². The number of aliphatic hydroxyl groups excluding tert-OH is 1. The van der Waals surface area contributed by atoms with E-state index < -0.39 is 0 Å². The third kappa shape index (κ3) is 6.91. The number of aliphatic hydroxyl groups is 1. The van der Waals surface area contributed by atoms with Crippen LogP contribution in [-0.4, -0.2) is 77.6 Å². The first-order valence-corrected chi connectivity index (χ1v) is 17.0. The zero-order valence-electron chi connectivity index (χ0n) is 26.0. The highest BCUT2D eigenvalue weighted by Crippen LogP contribution is 2.46. The second-order valence-corrected chi connectivity index (χ2v) is 14.1. The average molecular weight is 576 g/mol. The van der Waals surface area contributed by atoms with E-state index in [1.54, 1.807) is 0 Å². The predicted octanol–water partition coefficient (Wildman–Crippen LogP) is 6.40. The molecule has 42 heavy (non-hydrogen) atoms. The summed E-state index contributed by atoms with van der Waals surface area (Å²) in [5, 5.41) is 10.3. The van der Waals surface area contributed by atoms with Crippen LogP contribution in [0.4, 0.5) is 0 Å². The number of rotatable bonds is 10. The number of carbonyl (C=O) groups is 1. The summed E-state index contributed by atoms with van der Waals surface area (Å²) in [5.74, 6) is 4.72. The van der Waals surface area contributed by atoms with Crippen molar-refractivity contribution in [1.29, 1.82) is 0 Å². The molecule has 5 atom stereocenters. The zero-order valence-corrected chi connectivity index (χ0v) is 26.0. The Morgan fingerprint density at radius 1 is 1.00 bits per heavy atom. The fourth-order valence-electron chi connectivity index (χ4n) is 8.89. The Balaban J connectivity index is 1.07. The first-order valence-electron chi connectivity index (χ1n) is 17.0. The van der Waals surface area contributed by atoms with Gasteiger partial charge in [-0.25, -0.2) is 0 Å². The lowest BCUT2D eigenvalue weighted by Gasteiger charge is -2.40. The van der Waals surface area contributed by atoms with E-state index in [0.29, 0.717) is 30.2 Å². The summed E-state index contributed by atoms with van der Waals surface area (Å²) in [6.45, 7) is 7.99. The minimum absolute atomic E-state index is 0.198. The number of amides is 1. The van der Waals surface area contributed by atoms with Crippen LogP contribution < -0.4 is 0 Å². The number of allylic oxidation sites excluding steroid dienone is 2. The summed E-state index contributed by atoms with van der Waals surface area (Å²) in [4.78, 5) is 20.5. The highest BCUT2D eigenvalue weighted by Gasteiger charge is 2.49. The lowest BCUT2D eigenvalue weighted by atomic mass is 9.72. The van der Waals surface area contributed by atoms with Crippen LogP contribution in [0.2, 0.25) is 0 Å². The monoisotopic (exact) mass is 575 g/mol. The maximum Gasteiger partial charge on any atom is 0.324 e. The van der Waals surface area contributed by atoms with Gasteiger partial charge in [0.05, 0.1) is 6.04 Å². The van der Waals surface area contributed by atoms with Crippen molar-refractivity contribution < 1.29 is 14.6 Å². The Morgan fingerprint density at radius 3 is 2.40 bits per heavy atom. The van der Waals surface area contributed by atoms with E-state index in [0.717, 1.165) is 69.6 Å². The molecule has 1 saturated carbocycles. The minimum Gasteiger partial charge on any atom is -0.478 e. The number of ether oxygens (including phenoxy) is 1. The van der Waals surface area contributed by atoms with Gasteiger partial charge in [0.2, 0.25) is 11.7 Å². The molecule has 0 aromatic heterocycles. The van der Waals surface area contributed by atoms with Crippen LogP contribution >= 0.6 is 0 Å². The largest absolute Gasteiger partial charge is 0.478 e. The summed E-state index contributed by atoms with van der Waals surface area (Å²) in [7, 11) is 2.02. The normalized spacial score (nSPS) is 30.3. The van der Waals surface area contributed by atoms with Gasteiger partial charge in [0, 0.05) is 52.2 Å². The van der Waals surface area contributed by atoms with Gasteiger partial charge in [-0.05, 0) is 80.1 Å². The third-order valence-electron chi connectivity index (χ3n) is 11.5. The Bertz CT molecular complexity index is 1110. The van der Waals surface area contributed by atoms with Crippen LogP contribution in [0.25, 0.3) is 0 Å². The van der Waals surface area contributed by atoms with Gasteiger partial charge in [0.1, 0.15) is 0 Å². The Morgan fingerprint density at radius 2 is 1.71 bits per heavy atom. The number of benzene rings is 1. The summed E-state index contributed by atoms with van der Waals surface area (Å²) >= 11 is 0. The summed E-state index contributed by atoms with van der Waals surface area (Å²) in [6, 6.07) is 11.0.